The number of thiazole rings is 1. The molecule has 0 bridgehead atoms. The summed E-state index contributed by atoms with van der Waals surface area (Å²) in [7, 11) is 0. The van der Waals surface area contributed by atoms with Crippen molar-refractivity contribution < 1.29 is 4.79 Å². The van der Waals surface area contributed by atoms with Crippen LogP contribution in [-0.2, 0) is 0 Å². The third-order valence-electron chi connectivity index (χ3n) is 4.48. The minimum Gasteiger partial charge on any atom is -0.348 e. The molecule has 0 saturated heterocycles. The minimum absolute atomic E-state index is 0.0529. The molecule has 118 valence electrons. The number of rotatable bonds is 4. The van der Waals surface area contributed by atoms with Crippen LogP contribution in [0.15, 0.2) is 5.38 Å². The van der Waals surface area contributed by atoms with E-state index >= 15 is 0 Å². The summed E-state index contributed by atoms with van der Waals surface area (Å²) in [6, 6.07) is 0.149. The number of hydrogen-bond donors (Lipinski definition) is 2. The summed E-state index contributed by atoms with van der Waals surface area (Å²) in [6.07, 6.45) is 3.53. The second-order valence-electron chi connectivity index (χ2n) is 6.77. The number of nitrogens with one attached hydrogen (secondary N) is 1. The van der Waals surface area contributed by atoms with Crippen LogP contribution < -0.4 is 11.1 Å². The van der Waals surface area contributed by atoms with Crippen molar-refractivity contribution in [2.75, 3.05) is 0 Å². The van der Waals surface area contributed by atoms with Crippen LogP contribution in [0.2, 0.25) is 0 Å². The van der Waals surface area contributed by atoms with Gasteiger partial charge in [0.25, 0.3) is 5.91 Å². The van der Waals surface area contributed by atoms with Crippen molar-refractivity contribution in [3.05, 3.63) is 16.1 Å². The molecular formula is C16H27N3OS. The van der Waals surface area contributed by atoms with Crippen molar-refractivity contribution in [1.82, 2.24) is 10.3 Å². The van der Waals surface area contributed by atoms with Crippen molar-refractivity contribution in [2.24, 2.45) is 23.5 Å². The largest absolute Gasteiger partial charge is 0.348 e. The van der Waals surface area contributed by atoms with Crippen LogP contribution in [0.4, 0.5) is 0 Å². The van der Waals surface area contributed by atoms with Gasteiger partial charge in [-0.15, -0.1) is 11.3 Å². The fourth-order valence-electron chi connectivity index (χ4n) is 3.21. The SMILES string of the molecule is CC1CCC(C(C)C)C(NC(=O)c2csc(C(C)N)n2)C1. The fraction of sp³-hybridized carbons (Fsp3) is 0.750. The van der Waals surface area contributed by atoms with Crippen LogP contribution in [-0.4, -0.2) is 16.9 Å². The molecule has 0 radical (unpaired) electrons. The first-order valence-electron chi connectivity index (χ1n) is 7.90. The Labute approximate surface area is 131 Å². The van der Waals surface area contributed by atoms with Gasteiger partial charge in [-0.05, 0) is 37.5 Å². The van der Waals surface area contributed by atoms with E-state index in [1.807, 2.05) is 12.3 Å². The smallest absolute Gasteiger partial charge is 0.270 e. The Bertz CT molecular complexity index is 484. The molecule has 2 rings (SSSR count). The highest BCUT2D eigenvalue weighted by Crippen LogP contribution is 2.33. The third kappa shape index (κ3) is 4.04. The van der Waals surface area contributed by atoms with Crippen LogP contribution in [0, 0.1) is 17.8 Å². The molecule has 0 aromatic carbocycles. The molecule has 1 amide bonds. The van der Waals surface area contributed by atoms with E-state index in [9.17, 15) is 4.79 Å². The predicted octanol–water partition coefficient (Wildman–Crippen LogP) is 3.35. The van der Waals surface area contributed by atoms with Gasteiger partial charge in [0.2, 0.25) is 0 Å². The van der Waals surface area contributed by atoms with Crippen LogP contribution in [0.25, 0.3) is 0 Å². The maximum absolute atomic E-state index is 12.4. The van der Waals surface area contributed by atoms with Crippen LogP contribution in [0.3, 0.4) is 0 Å². The highest BCUT2D eigenvalue weighted by molar-refractivity contribution is 7.09. The number of nitrogens with zero attached hydrogens (tertiary/aromatic N) is 1. The number of carbonyl (C=O) groups excluding carboxylic acids is 1. The molecule has 0 spiro atoms. The van der Waals surface area contributed by atoms with Crippen molar-refractivity contribution >= 4 is 17.2 Å². The molecule has 4 unspecified atom stereocenters. The van der Waals surface area contributed by atoms with Gasteiger partial charge in [0.1, 0.15) is 10.7 Å². The molecule has 21 heavy (non-hydrogen) atoms. The van der Waals surface area contributed by atoms with Gasteiger partial charge >= 0.3 is 0 Å². The molecule has 1 saturated carbocycles. The summed E-state index contributed by atoms with van der Waals surface area (Å²) in [6.45, 7) is 8.65. The maximum Gasteiger partial charge on any atom is 0.270 e. The number of nitrogens with two attached hydrogens (primary N) is 1. The quantitative estimate of drug-likeness (QED) is 0.896. The summed E-state index contributed by atoms with van der Waals surface area (Å²) in [4.78, 5) is 16.8. The van der Waals surface area contributed by atoms with Crippen molar-refractivity contribution in [3.63, 3.8) is 0 Å². The monoisotopic (exact) mass is 309 g/mol. The summed E-state index contributed by atoms with van der Waals surface area (Å²) in [5, 5.41) is 5.84. The molecule has 5 heteroatoms. The minimum atomic E-state index is -0.116. The van der Waals surface area contributed by atoms with E-state index in [0.29, 0.717) is 23.4 Å². The molecular weight excluding hydrogens is 282 g/mol. The van der Waals surface area contributed by atoms with Crippen LogP contribution in [0.1, 0.15) is 68.5 Å². The Morgan fingerprint density at radius 3 is 2.71 bits per heavy atom. The lowest BCUT2D eigenvalue weighted by atomic mass is 9.74. The molecule has 1 aliphatic rings. The van der Waals surface area contributed by atoms with Gasteiger partial charge in [-0.1, -0.05) is 27.2 Å². The van der Waals surface area contributed by atoms with Crippen molar-refractivity contribution in [3.8, 4) is 0 Å². The van der Waals surface area contributed by atoms with Gasteiger partial charge in [-0.25, -0.2) is 4.98 Å². The molecule has 0 aliphatic heterocycles. The maximum atomic E-state index is 12.4. The number of aromatic nitrogens is 1. The Kier molecular flexibility index (Phi) is 5.38. The lowest BCUT2D eigenvalue weighted by molar-refractivity contribution is 0.0863. The molecule has 1 aromatic heterocycles. The standard InChI is InChI=1S/C16H27N3OS/c1-9(2)12-6-5-10(3)7-13(12)18-15(20)14-8-21-16(19-14)11(4)17/h8-13H,5-7,17H2,1-4H3,(H,18,20). The Balaban J connectivity index is 2.05. The molecule has 1 aromatic rings. The lowest BCUT2D eigenvalue weighted by Gasteiger charge is -2.37. The van der Waals surface area contributed by atoms with E-state index in [1.54, 1.807) is 0 Å². The zero-order valence-electron chi connectivity index (χ0n) is 13.4. The lowest BCUT2D eigenvalue weighted by Crippen LogP contribution is -2.45. The predicted molar refractivity (Wildman–Crippen MR) is 87.3 cm³/mol. The Morgan fingerprint density at radius 1 is 1.43 bits per heavy atom. The summed E-state index contributed by atoms with van der Waals surface area (Å²) < 4.78 is 0. The molecule has 1 fully saturated rings. The normalized spacial score (nSPS) is 27.6. The highest BCUT2D eigenvalue weighted by Gasteiger charge is 2.32. The van der Waals surface area contributed by atoms with E-state index in [0.717, 1.165) is 11.4 Å². The first-order valence-corrected chi connectivity index (χ1v) is 8.78. The van der Waals surface area contributed by atoms with Crippen LogP contribution >= 0.6 is 11.3 Å². The zero-order chi connectivity index (χ0) is 15.6. The summed E-state index contributed by atoms with van der Waals surface area (Å²) in [5.41, 5.74) is 6.32. The third-order valence-corrected chi connectivity index (χ3v) is 5.53. The van der Waals surface area contributed by atoms with Gasteiger partial charge in [-0.2, -0.15) is 0 Å². The highest BCUT2D eigenvalue weighted by atomic mass is 32.1. The molecule has 1 aliphatic carbocycles. The zero-order valence-corrected chi connectivity index (χ0v) is 14.2. The topological polar surface area (TPSA) is 68.0 Å². The number of hydrogen-bond acceptors (Lipinski definition) is 4. The van der Waals surface area contributed by atoms with E-state index in [1.165, 1.54) is 24.2 Å². The van der Waals surface area contributed by atoms with Gasteiger partial charge in [0.05, 0.1) is 6.04 Å². The second kappa shape index (κ2) is 6.88. The first-order chi connectivity index (χ1) is 9.88. The van der Waals surface area contributed by atoms with Crippen molar-refractivity contribution in [1.29, 1.82) is 0 Å². The Hall–Kier alpha value is -0.940. The number of amides is 1. The summed E-state index contributed by atoms with van der Waals surface area (Å²) in [5.74, 6) is 1.79. The summed E-state index contributed by atoms with van der Waals surface area (Å²) >= 11 is 1.46. The van der Waals surface area contributed by atoms with E-state index in [-0.39, 0.29) is 18.0 Å². The molecule has 1 heterocycles. The van der Waals surface area contributed by atoms with Crippen molar-refractivity contribution in [2.45, 2.75) is 59.0 Å². The average molecular weight is 309 g/mol. The van der Waals surface area contributed by atoms with Gasteiger partial charge in [-0.3, -0.25) is 4.79 Å². The number of carbonyl (C=O) groups is 1. The van der Waals surface area contributed by atoms with Gasteiger partial charge < -0.3 is 11.1 Å². The van der Waals surface area contributed by atoms with Gasteiger partial charge in [0, 0.05) is 11.4 Å². The second-order valence-corrected chi connectivity index (χ2v) is 7.66. The fourth-order valence-corrected chi connectivity index (χ4v) is 3.97. The van der Waals surface area contributed by atoms with Gasteiger partial charge in [0.15, 0.2) is 0 Å². The van der Waals surface area contributed by atoms with E-state index in [2.05, 4.69) is 31.1 Å². The molecule has 4 nitrogen and oxygen atoms in total. The van der Waals surface area contributed by atoms with Crippen LogP contribution in [0.5, 0.6) is 0 Å². The Morgan fingerprint density at radius 2 is 2.14 bits per heavy atom. The molecule has 3 N–H and O–H groups in total. The average Bonchev–Trinajstić information content (AvgIpc) is 2.88. The molecule has 4 atom stereocenters. The van der Waals surface area contributed by atoms with E-state index < -0.39 is 0 Å². The first kappa shape index (κ1) is 16.4. The van der Waals surface area contributed by atoms with E-state index in [4.69, 9.17) is 5.73 Å².